The normalized spacial score (nSPS) is 20.0. The molecular weight excluding hydrogens is 266 g/mol. The van der Waals surface area contributed by atoms with Crippen LogP contribution in [-0.2, 0) is 25.1 Å². The molecule has 0 aromatic rings. The highest BCUT2D eigenvalue weighted by Crippen LogP contribution is 2.13. The third-order valence-corrected chi connectivity index (χ3v) is 5.00. The Morgan fingerprint density at radius 1 is 1.32 bits per heavy atom. The molecule has 2 unspecified atom stereocenters. The van der Waals surface area contributed by atoms with E-state index in [9.17, 15) is 13.8 Å². The highest BCUT2D eigenvalue weighted by atomic mass is 32.2. The Morgan fingerprint density at radius 2 is 1.89 bits per heavy atom. The second-order valence-electron chi connectivity index (χ2n) is 5.24. The van der Waals surface area contributed by atoms with Gasteiger partial charge in [0, 0.05) is 29.3 Å². The zero-order chi connectivity index (χ0) is 14.4. The fourth-order valence-electron chi connectivity index (χ4n) is 2.14. The van der Waals surface area contributed by atoms with E-state index < -0.39 is 16.8 Å². The highest BCUT2D eigenvalue weighted by Gasteiger charge is 2.25. The molecule has 0 bridgehead atoms. The lowest BCUT2D eigenvalue weighted by Crippen LogP contribution is -2.45. The lowest BCUT2D eigenvalue weighted by Gasteiger charge is -2.23. The summed E-state index contributed by atoms with van der Waals surface area (Å²) in [4.78, 5) is 23.2. The standard InChI is InChI=1S/C13H23NO4S/c1-9(2)13(10(3)15)14-12(16)8-19(17)11-4-6-18-7-5-11/h9,11,13H,4-8H2,1-3H3,(H,14,16). The number of nitrogens with one attached hydrogen (secondary N) is 1. The van der Waals surface area contributed by atoms with E-state index >= 15 is 0 Å². The number of carbonyl (C=O) groups excluding carboxylic acids is 2. The average molecular weight is 289 g/mol. The Morgan fingerprint density at radius 3 is 2.37 bits per heavy atom. The molecule has 0 aromatic heterocycles. The first-order chi connectivity index (χ1) is 8.91. The Hall–Kier alpha value is -0.750. The lowest BCUT2D eigenvalue weighted by molar-refractivity contribution is -0.126. The van der Waals surface area contributed by atoms with Crippen LogP contribution in [0, 0.1) is 5.92 Å². The molecule has 0 spiro atoms. The van der Waals surface area contributed by atoms with Crippen molar-refractivity contribution >= 4 is 22.5 Å². The SMILES string of the molecule is CC(=O)C(NC(=O)CS(=O)C1CCOCC1)C(C)C. The Kier molecular flexibility index (Phi) is 6.65. The molecule has 0 aliphatic carbocycles. The summed E-state index contributed by atoms with van der Waals surface area (Å²) in [5, 5.41) is 2.71. The molecule has 1 saturated heterocycles. The van der Waals surface area contributed by atoms with Gasteiger partial charge in [-0.2, -0.15) is 0 Å². The van der Waals surface area contributed by atoms with Gasteiger partial charge in [0.05, 0.1) is 6.04 Å². The van der Waals surface area contributed by atoms with Gasteiger partial charge in [0.2, 0.25) is 5.91 Å². The van der Waals surface area contributed by atoms with Gasteiger partial charge in [-0.15, -0.1) is 0 Å². The molecule has 0 radical (unpaired) electrons. The van der Waals surface area contributed by atoms with E-state index in [-0.39, 0.29) is 28.6 Å². The van der Waals surface area contributed by atoms with Gasteiger partial charge in [-0.1, -0.05) is 13.8 Å². The van der Waals surface area contributed by atoms with E-state index in [2.05, 4.69) is 5.32 Å². The quantitative estimate of drug-likeness (QED) is 0.779. The molecule has 1 N–H and O–H groups in total. The van der Waals surface area contributed by atoms with Crippen LogP contribution < -0.4 is 5.32 Å². The van der Waals surface area contributed by atoms with Crippen LogP contribution in [0.3, 0.4) is 0 Å². The Balaban J connectivity index is 2.45. The fraction of sp³-hybridized carbons (Fsp3) is 0.846. The average Bonchev–Trinajstić information content (AvgIpc) is 2.36. The van der Waals surface area contributed by atoms with E-state index in [1.54, 1.807) is 0 Å². The Bertz CT molecular complexity index is 351. The maximum absolute atomic E-state index is 12.0. The number of rotatable bonds is 6. The molecule has 1 heterocycles. The minimum atomic E-state index is -1.18. The summed E-state index contributed by atoms with van der Waals surface area (Å²) in [6.07, 6.45) is 1.47. The molecule has 5 nitrogen and oxygen atoms in total. The van der Waals surface area contributed by atoms with Crippen molar-refractivity contribution in [2.45, 2.75) is 44.9 Å². The van der Waals surface area contributed by atoms with Gasteiger partial charge < -0.3 is 10.1 Å². The van der Waals surface area contributed by atoms with Crippen LogP contribution >= 0.6 is 0 Å². The van der Waals surface area contributed by atoms with E-state index in [1.165, 1.54) is 6.92 Å². The van der Waals surface area contributed by atoms with Crippen LogP contribution in [-0.4, -0.2) is 46.2 Å². The number of hydrogen-bond donors (Lipinski definition) is 1. The highest BCUT2D eigenvalue weighted by molar-refractivity contribution is 7.86. The van der Waals surface area contributed by atoms with E-state index in [4.69, 9.17) is 4.74 Å². The lowest BCUT2D eigenvalue weighted by atomic mass is 10.0. The second-order valence-corrected chi connectivity index (χ2v) is 6.95. The largest absolute Gasteiger partial charge is 0.381 e. The molecule has 1 fully saturated rings. The number of carbonyl (C=O) groups is 2. The van der Waals surface area contributed by atoms with Gasteiger partial charge >= 0.3 is 0 Å². The van der Waals surface area contributed by atoms with Crippen LogP contribution in [0.1, 0.15) is 33.6 Å². The molecule has 0 aromatic carbocycles. The molecule has 2 atom stereocenters. The van der Waals surface area contributed by atoms with Crippen molar-refractivity contribution in [3.05, 3.63) is 0 Å². The van der Waals surface area contributed by atoms with Gasteiger partial charge in [-0.25, -0.2) is 0 Å². The third kappa shape index (κ3) is 5.40. The molecular formula is C13H23NO4S. The van der Waals surface area contributed by atoms with Gasteiger partial charge in [0.1, 0.15) is 5.75 Å². The molecule has 19 heavy (non-hydrogen) atoms. The maximum Gasteiger partial charge on any atom is 0.233 e. The predicted octanol–water partition coefficient (Wildman–Crippen LogP) is 0.644. The summed E-state index contributed by atoms with van der Waals surface area (Å²) in [6.45, 7) is 6.43. The smallest absolute Gasteiger partial charge is 0.233 e. The van der Waals surface area contributed by atoms with Crippen LogP contribution in [0.5, 0.6) is 0 Å². The van der Waals surface area contributed by atoms with Crippen molar-refractivity contribution in [2.24, 2.45) is 5.92 Å². The molecule has 1 amide bonds. The van der Waals surface area contributed by atoms with Crippen LogP contribution in [0.4, 0.5) is 0 Å². The molecule has 0 saturated carbocycles. The summed E-state index contributed by atoms with van der Waals surface area (Å²) in [7, 11) is -1.18. The fourth-order valence-corrected chi connectivity index (χ4v) is 3.43. The summed E-state index contributed by atoms with van der Waals surface area (Å²) in [5.74, 6) is -0.363. The number of ketones is 1. The monoisotopic (exact) mass is 289 g/mol. The van der Waals surface area contributed by atoms with Crippen molar-refractivity contribution in [1.29, 1.82) is 0 Å². The number of amides is 1. The van der Waals surface area contributed by atoms with Crippen molar-refractivity contribution in [1.82, 2.24) is 5.32 Å². The maximum atomic E-state index is 12.0. The van der Waals surface area contributed by atoms with Gasteiger partial charge in [-0.3, -0.25) is 13.8 Å². The number of hydrogen-bond acceptors (Lipinski definition) is 4. The zero-order valence-corrected chi connectivity index (χ0v) is 12.6. The second kappa shape index (κ2) is 7.75. The summed E-state index contributed by atoms with van der Waals surface area (Å²) < 4.78 is 17.2. The number of Topliss-reactive ketones (excluding diaryl/α,β-unsaturated/α-hetero) is 1. The van der Waals surface area contributed by atoms with Gasteiger partial charge in [0.15, 0.2) is 5.78 Å². The predicted molar refractivity (Wildman–Crippen MR) is 74.3 cm³/mol. The van der Waals surface area contributed by atoms with E-state index in [0.717, 1.165) is 12.8 Å². The van der Waals surface area contributed by atoms with Crippen molar-refractivity contribution < 1.29 is 18.5 Å². The molecule has 6 heteroatoms. The topological polar surface area (TPSA) is 72.5 Å². The molecule has 1 aliphatic heterocycles. The minimum absolute atomic E-state index is 0.0266. The third-order valence-electron chi connectivity index (χ3n) is 3.23. The summed E-state index contributed by atoms with van der Waals surface area (Å²) >= 11 is 0. The Labute approximate surface area is 116 Å². The first kappa shape index (κ1) is 16.3. The zero-order valence-electron chi connectivity index (χ0n) is 11.8. The molecule has 110 valence electrons. The minimum Gasteiger partial charge on any atom is -0.381 e. The van der Waals surface area contributed by atoms with Crippen molar-refractivity contribution in [2.75, 3.05) is 19.0 Å². The van der Waals surface area contributed by atoms with Crippen LogP contribution in [0.15, 0.2) is 0 Å². The van der Waals surface area contributed by atoms with E-state index in [1.807, 2.05) is 13.8 Å². The van der Waals surface area contributed by atoms with E-state index in [0.29, 0.717) is 13.2 Å². The molecule has 1 aliphatic rings. The first-order valence-electron chi connectivity index (χ1n) is 6.66. The van der Waals surface area contributed by atoms with Gasteiger partial charge in [0.25, 0.3) is 0 Å². The van der Waals surface area contributed by atoms with Crippen LogP contribution in [0.2, 0.25) is 0 Å². The van der Waals surface area contributed by atoms with Crippen molar-refractivity contribution in [3.8, 4) is 0 Å². The summed E-state index contributed by atoms with van der Waals surface area (Å²) in [6, 6.07) is -0.487. The number of ether oxygens (including phenoxy) is 1. The van der Waals surface area contributed by atoms with Gasteiger partial charge in [-0.05, 0) is 25.7 Å². The molecule has 1 rings (SSSR count). The van der Waals surface area contributed by atoms with Crippen LogP contribution in [0.25, 0.3) is 0 Å². The first-order valence-corrected chi connectivity index (χ1v) is 8.04. The summed E-state index contributed by atoms with van der Waals surface area (Å²) in [5.41, 5.74) is 0. The van der Waals surface area contributed by atoms with Crippen molar-refractivity contribution in [3.63, 3.8) is 0 Å².